The first-order valence-electron chi connectivity index (χ1n) is 10.2. The lowest BCUT2D eigenvalue weighted by Gasteiger charge is -2.13. The second-order valence-corrected chi connectivity index (χ2v) is 8.02. The number of amides is 2. The van der Waals surface area contributed by atoms with Crippen LogP contribution in [0.5, 0.6) is 5.75 Å². The highest BCUT2D eigenvalue weighted by atomic mass is 35.5. The van der Waals surface area contributed by atoms with Crippen LogP contribution in [0.2, 0.25) is 5.02 Å². The summed E-state index contributed by atoms with van der Waals surface area (Å²) < 4.78 is 5.88. The van der Waals surface area contributed by atoms with Crippen LogP contribution in [0.25, 0.3) is 0 Å². The lowest BCUT2D eigenvalue weighted by Crippen LogP contribution is -2.27. The summed E-state index contributed by atoms with van der Waals surface area (Å²) in [7, 11) is 3.67. The van der Waals surface area contributed by atoms with Crippen LogP contribution < -0.4 is 15.4 Å². The summed E-state index contributed by atoms with van der Waals surface area (Å²) in [5, 5.41) is 6.43. The molecule has 0 spiro atoms. The molecule has 32 heavy (non-hydrogen) atoms. The van der Waals surface area contributed by atoms with Crippen LogP contribution in [0.4, 0.5) is 5.69 Å². The Hall–Kier alpha value is -3.35. The highest BCUT2D eigenvalue weighted by molar-refractivity contribution is 6.30. The van der Waals surface area contributed by atoms with Crippen molar-refractivity contribution in [3.8, 4) is 5.75 Å². The van der Waals surface area contributed by atoms with Crippen molar-refractivity contribution >= 4 is 29.1 Å². The molecule has 3 rings (SSSR count). The second kappa shape index (κ2) is 11.3. The minimum absolute atomic E-state index is 0.0945. The Bertz CT molecular complexity index is 1070. The molecule has 0 saturated carbocycles. The van der Waals surface area contributed by atoms with Crippen LogP contribution in [-0.4, -0.2) is 37.4 Å². The summed E-state index contributed by atoms with van der Waals surface area (Å²) in [4.78, 5) is 26.6. The van der Waals surface area contributed by atoms with Gasteiger partial charge < -0.3 is 20.3 Å². The maximum atomic E-state index is 12.8. The van der Waals surface area contributed by atoms with Gasteiger partial charge in [0.05, 0.1) is 12.1 Å². The van der Waals surface area contributed by atoms with E-state index in [4.69, 9.17) is 16.3 Å². The van der Waals surface area contributed by atoms with E-state index in [-0.39, 0.29) is 11.8 Å². The average Bonchev–Trinajstić information content (AvgIpc) is 2.77. The van der Waals surface area contributed by atoms with E-state index in [1.54, 1.807) is 35.2 Å². The number of nitrogens with one attached hydrogen (secondary N) is 2. The van der Waals surface area contributed by atoms with Crippen molar-refractivity contribution < 1.29 is 14.3 Å². The number of hydrogen-bond acceptors (Lipinski definition) is 4. The Morgan fingerprint density at radius 2 is 1.69 bits per heavy atom. The normalized spacial score (nSPS) is 10.6. The monoisotopic (exact) mass is 451 g/mol. The van der Waals surface area contributed by atoms with Crippen molar-refractivity contribution in [2.45, 2.75) is 13.2 Å². The Morgan fingerprint density at radius 3 is 2.44 bits per heavy atom. The molecule has 0 atom stereocenters. The third-order valence-corrected chi connectivity index (χ3v) is 4.81. The van der Waals surface area contributed by atoms with Crippen molar-refractivity contribution in [1.29, 1.82) is 0 Å². The number of benzene rings is 3. The molecule has 3 aromatic carbocycles. The fourth-order valence-electron chi connectivity index (χ4n) is 3.05. The molecule has 0 saturated heterocycles. The van der Waals surface area contributed by atoms with E-state index >= 15 is 0 Å². The lowest BCUT2D eigenvalue weighted by molar-refractivity contribution is -0.116. The molecule has 7 heteroatoms. The number of carbonyl (C=O) groups is 2. The molecule has 2 amide bonds. The van der Waals surface area contributed by atoms with Gasteiger partial charge in [-0.1, -0.05) is 48.0 Å². The van der Waals surface area contributed by atoms with Crippen molar-refractivity contribution in [2.75, 3.05) is 26.0 Å². The average molecular weight is 452 g/mol. The van der Waals surface area contributed by atoms with E-state index in [1.165, 1.54) is 0 Å². The van der Waals surface area contributed by atoms with Crippen molar-refractivity contribution in [2.24, 2.45) is 0 Å². The predicted molar refractivity (Wildman–Crippen MR) is 127 cm³/mol. The zero-order valence-corrected chi connectivity index (χ0v) is 18.9. The summed E-state index contributed by atoms with van der Waals surface area (Å²) in [5.74, 6) is 0.173. The molecular weight excluding hydrogens is 426 g/mol. The maximum Gasteiger partial charge on any atom is 0.255 e. The van der Waals surface area contributed by atoms with Gasteiger partial charge in [-0.05, 0) is 61.6 Å². The third kappa shape index (κ3) is 7.11. The van der Waals surface area contributed by atoms with E-state index in [0.29, 0.717) is 41.7 Å². The van der Waals surface area contributed by atoms with E-state index in [1.807, 2.05) is 56.6 Å². The second-order valence-electron chi connectivity index (χ2n) is 7.58. The molecule has 166 valence electrons. The number of rotatable bonds is 9. The van der Waals surface area contributed by atoms with Crippen LogP contribution in [0.15, 0.2) is 72.8 Å². The standard InChI is InChI=1S/C25H26ClN3O3/c1-29(2)16-24(30)28-21-7-5-6-19(14-21)15-27-25(31)22-8-3-4-9-23(22)32-17-18-10-12-20(26)13-11-18/h3-14H,15-17H2,1-2H3,(H,27,31)(H,28,30). The number of ether oxygens (including phenoxy) is 1. The Morgan fingerprint density at radius 1 is 0.938 bits per heavy atom. The zero-order valence-electron chi connectivity index (χ0n) is 18.1. The number of nitrogens with zero attached hydrogens (tertiary/aromatic N) is 1. The Labute approximate surface area is 193 Å². The van der Waals surface area contributed by atoms with Gasteiger partial charge >= 0.3 is 0 Å². The van der Waals surface area contributed by atoms with Crippen molar-refractivity contribution in [1.82, 2.24) is 10.2 Å². The summed E-state index contributed by atoms with van der Waals surface area (Å²) >= 11 is 5.92. The first-order chi connectivity index (χ1) is 15.4. The molecule has 0 fully saturated rings. The van der Waals surface area contributed by atoms with E-state index in [2.05, 4.69) is 10.6 Å². The molecule has 0 aliphatic carbocycles. The lowest BCUT2D eigenvalue weighted by atomic mass is 10.1. The van der Waals surface area contributed by atoms with Crippen LogP contribution in [0.3, 0.4) is 0 Å². The van der Waals surface area contributed by atoms with E-state index < -0.39 is 0 Å². The number of carbonyl (C=O) groups excluding carboxylic acids is 2. The third-order valence-electron chi connectivity index (χ3n) is 4.56. The number of halogens is 1. The summed E-state index contributed by atoms with van der Waals surface area (Å²) in [6.45, 7) is 0.950. The molecule has 3 aromatic rings. The number of likely N-dealkylation sites (N-methyl/N-ethyl adjacent to an activating group) is 1. The fourth-order valence-corrected chi connectivity index (χ4v) is 3.17. The van der Waals surface area contributed by atoms with Gasteiger partial charge in [0.25, 0.3) is 5.91 Å². The van der Waals surface area contributed by atoms with Crippen LogP contribution in [0.1, 0.15) is 21.5 Å². The van der Waals surface area contributed by atoms with Gasteiger partial charge in [0, 0.05) is 17.3 Å². The van der Waals surface area contributed by atoms with E-state index in [0.717, 1.165) is 11.1 Å². The Balaban J connectivity index is 1.60. The number of para-hydroxylation sites is 1. The highest BCUT2D eigenvalue weighted by Crippen LogP contribution is 2.20. The SMILES string of the molecule is CN(C)CC(=O)Nc1cccc(CNC(=O)c2ccccc2OCc2ccc(Cl)cc2)c1. The number of hydrogen-bond donors (Lipinski definition) is 2. The van der Waals surface area contributed by atoms with Crippen molar-refractivity contribution in [3.63, 3.8) is 0 Å². The fraction of sp³-hybridized carbons (Fsp3) is 0.200. The van der Waals surface area contributed by atoms with Crippen molar-refractivity contribution in [3.05, 3.63) is 94.5 Å². The van der Waals surface area contributed by atoms with Crippen LogP contribution in [0, 0.1) is 0 Å². The summed E-state index contributed by atoms with van der Waals surface area (Å²) in [6.07, 6.45) is 0. The minimum Gasteiger partial charge on any atom is -0.488 e. The van der Waals surface area contributed by atoms with Gasteiger partial charge in [-0.2, -0.15) is 0 Å². The molecule has 0 aliphatic heterocycles. The first-order valence-corrected chi connectivity index (χ1v) is 10.6. The van der Waals surface area contributed by atoms with Crippen LogP contribution >= 0.6 is 11.6 Å². The van der Waals surface area contributed by atoms with Gasteiger partial charge in [-0.15, -0.1) is 0 Å². The molecule has 0 aliphatic rings. The van der Waals surface area contributed by atoms with Gasteiger partial charge in [0.15, 0.2) is 0 Å². The first kappa shape index (κ1) is 23.3. The van der Waals surface area contributed by atoms with Gasteiger partial charge in [-0.25, -0.2) is 0 Å². The van der Waals surface area contributed by atoms with E-state index in [9.17, 15) is 9.59 Å². The molecule has 0 aromatic heterocycles. The largest absolute Gasteiger partial charge is 0.488 e. The van der Waals surface area contributed by atoms with Gasteiger partial charge in [-0.3, -0.25) is 9.59 Å². The van der Waals surface area contributed by atoms with Gasteiger partial charge in [0.2, 0.25) is 5.91 Å². The molecule has 0 unspecified atom stereocenters. The molecule has 6 nitrogen and oxygen atoms in total. The molecule has 0 radical (unpaired) electrons. The molecule has 0 bridgehead atoms. The minimum atomic E-state index is -0.237. The molecule has 2 N–H and O–H groups in total. The molecular formula is C25H26ClN3O3. The number of anilines is 1. The maximum absolute atomic E-state index is 12.8. The highest BCUT2D eigenvalue weighted by Gasteiger charge is 2.12. The summed E-state index contributed by atoms with van der Waals surface area (Å²) in [6, 6.07) is 21.9. The predicted octanol–water partition coefficient (Wildman–Crippen LogP) is 4.35. The topological polar surface area (TPSA) is 70.7 Å². The van der Waals surface area contributed by atoms with Crippen LogP contribution in [-0.2, 0) is 17.9 Å². The summed E-state index contributed by atoms with van der Waals surface area (Å²) in [5.41, 5.74) is 2.98. The molecule has 0 heterocycles. The zero-order chi connectivity index (χ0) is 22.9. The Kier molecular flexibility index (Phi) is 8.25. The smallest absolute Gasteiger partial charge is 0.255 e. The van der Waals surface area contributed by atoms with Gasteiger partial charge in [0.1, 0.15) is 12.4 Å². The quantitative estimate of drug-likeness (QED) is 0.507.